The van der Waals surface area contributed by atoms with Crippen LogP contribution in [-0.2, 0) is 14.8 Å². The van der Waals surface area contributed by atoms with E-state index in [4.69, 9.17) is 4.74 Å². The van der Waals surface area contributed by atoms with E-state index < -0.39 is 15.8 Å². The van der Waals surface area contributed by atoms with Gasteiger partial charge in [0.1, 0.15) is 5.82 Å². The number of benzene rings is 1. The second-order valence-corrected chi connectivity index (χ2v) is 6.98. The summed E-state index contributed by atoms with van der Waals surface area (Å²) in [5, 5.41) is 0. The monoisotopic (exact) mass is 301 g/mol. The second-order valence-electron chi connectivity index (χ2n) is 5.33. The molecule has 112 valence electrons. The number of hydrogen-bond donors (Lipinski definition) is 1. The maximum absolute atomic E-state index is 13.3. The van der Waals surface area contributed by atoms with Gasteiger partial charge in [0, 0.05) is 12.6 Å². The maximum Gasteiger partial charge on any atom is 0.241 e. The van der Waals surface area contributed by atoms with E-state index in [9.17, 15) is 12.8 Å². The summed E-state index contributed by atoms with van der Waals surface area (Å²) in [4.78, 5) is 0.156. The zero-order valence-electron chi connectivity index (χ0n) is 11.9. The Balaban J connectivity index is 2.26. The third-order valence-electron chi connectivity index (χ3n) is 3.56. The Bertz CT molecular complexity index is 571. The minimum atomic E-state index is -3.67. The van der Waals surface area contributed by atoms with Crippen molar-refractivity contribution in [3.63, 3.8) is 0 Å². The molecule has 0 bridgehead atoms. The molecule has 1 aromatic rings. The summed E-state index contributed by atoms with van der Waals surface area (Å²) in [6, 6.07) is 2.17. The molecule has 1 aliphatic heterocycles. The second kappa shape index (κ2) is 5.79. The first-order chi connectivity index (χ1) is 9.31. The van der Waals surface area contributed by atoms with Crippen molar-refractivity contribution in [2.75, 3.05) is 6.61 Å². The molecule has 1 N–H and O–H groups in total. The lowest BCUT2D eigenvalue weighted by atomic mass is 10.1. The van der Waals surface area contributed by atoms with Gasteiger partial charge in [0.2, 0.25) is 10.0 Å². The highest BCUT2D eigenvalue weighted by molar-refractivity contribution is 7.89. The fourth-order valence-corrected chi connectivity index (χ4v) is 4.42. The Morgan fingerprint density at radius 3 is 2.45 bits per heavy atom. The minimum absolute atomic E-state index is 0.0918. The molecule has 0 spiro atoms. The summed E-state index contributed by atoms with van der Waals surface area (Å²) < 4.78 is 46.3. The van der Waals surface area contributed by atoms with Crippen molar-refractivity contribution in [2.45, 2.75) is 50.7 Å². The van der Waals surface area contributed by atoms with Crippen LogP contribution in [0.1, 0.15) is 30.9 Å². The van der Waals surface area contributed by atoms with Gasteiger partial charge in [0.25, 0.3) is 0 Å². The highest BCUT2D eigenvalue weighted by Crippen LogP contribution is 2.23. The van der Waals surface area contributed by atoms with E-state index in [0.717, 1.165) is 12.8 Å². The van der Waals surface area contributed by atoms with Gasteiger partial charge in [-0.1, -0.05) is 0 Å². The van der Waals surface area contributed by atoms with E-state index in [0.29, 0.717) is 17.7 Å². The van der Waals surface area contributed by atoms with E-state index in [1.807, 2.05) is 0 Å². The Morgan fingerprint density at radius 1 is 1.35 bits per heavy atom. The van der Waals surface area contributed by atoms with Crippen LogP contribution in [0.3, 0.4) is 0 Å². The summed E-state index contributed by atoms with van der Waals surface area (Å²) in [6.45, 7) is 5.66. The molecule has 6 heteroatoms. The molecule has 4 nitrogen and oxygen atoms in total. The predicted octanol–water partition coefficient (Wildman–Crippen LogP) is 2.29. The van der Waals surface area contributed by atoms with Crippen LogP contribution < -0.4 is 4.72 Å². The van der Waals surface area contributed by atoms with E-state index in [-0.39, 0.29) is 17.0 Å². The predicted molar refractivity (Wildman–Crippen MR) is 74.6 cm³/mol. The van der Waals surface area contributed by atoms with E-state index in [1.165, 1.54) is 12.1 Å². The lowest BCUT2D eigenvalue weighted by molar-refractivity contribution is 0.0902. The molecular formula is C14H20FNO3S. The van der Waals surface area contributed by atoms with E-state index in [2.05, 4.69) is 4.72 Å². The summed E-state index contributed by atoms with van der Waals surface area (Å²) in [5.41, 5.74) is 0.823. The summed E-state index contributed by atoms with van der Waals surface area (Å²) in [6.07, 6.45) is 1.71. The smallest absolute Gasteiger partial charge is 0.241 e. The fraction of sp³-hybridized carbons (Fsp3) is 0.571. The molecule has 1 saturated heterocycles. The molecule has 0 saturated carbocycles. The molecule has 2 rings (SSSR count). The van der Waals surface area contributed by atoms with Crippen molar-refractivity contribution in [3.05, 3.63) is 29.1 Å². The van der Waals surface area contributed by atoms with Gasteiger partial charge in [-0.15, -0.1) is 0 Å². The third kappa shape index (κ3) is 3.19. The number of aryl methyl sites for hydroxylation is 2. The molecule has 0 aliphatic carbocycles. The number of ether oxygens (including phenoxy) is 1. The minimum Gasteiger partial charge on any atom is -0.377 e. The van der Waals surface area contributed by atoms with Crippen molar-refractivity contribution in [1.82, 2.24) is 4.72 Å². The molecular weight excluding hydrogens is 281 g/mol. The van der Waals surface area contributed by atoms with Gasteiger partial charge in [-0.25, -0.2) is 17.5 Å². The average Bonchev–Trinajstić information content (AvgIpc) is 2.78. The number of nitrogens with one attached hydrogen (secondary N) is 1. The first-order valence-corrected chi connectivity index (χ1v) is 8.20. The van der Waals surface area contributed by atoms with Crippen molar-refractivity contribution in [1.29, 1.82) is 0 Å². The Kier molecular flexibility index (Phi) is 4.46. The summed E-state index contributed by atoms with van der Waals surface area (Å²) >= 11 is 0. The SMILES string of the molecule is Cc1cc(F)cc(C)c1S(=O)(=O)NC(C)C1CCCO1. The topological polar surface area (TPSA) is 55.4 Å². The van der Waals surface area contributed by atoms with E-state index in [1.54, 1.807) is 20.8 Å². The van der Waals surface area contributed by atoms with Gasteiger partial charge in [-0.2, -0.15) is 0 Å². The first kappa shape index (κ1) is 15.4. The highest BCUT2D eigenvalue weighted by Gasteiger charge is 2.28. The molecule has 1 aromatic carbocycles. The van der Waals surface area contributed by atoms with Crippen LogP contribution in [0.2, 0.25) is 0 Å². The van der Waals surface area contributed by atoms with Crippen LogP contribution in [0.25, 0.3) is 0 Å². The molecule has 20 heavy (non-hydrogen) atoms. The Labute approximate surface area is 119 Å². The van der Waals surface area contributed by atoms with Crippen molar-refractivity contribution < 1.29 is 17.5 Å². The van der Waals surface area contributed by atoms with Crippen LogP contribution in [-0.4, -0.2) is 27.2 Å². The van der Waals surface area contributed by atoms with Crippen molar-refractivity contribution in [2.24, 2.45) is 0 Å². The summed E-state index contributed by atoms with van der Waals surface area (Å²) in [5.74, 6) is -0.425. The van der Waals surface area contributed by atoms with Crippen molar-refractivity contribution >= 4 is 10.0 Å². The third-order valence-corrected chi connectivity index (χ3v) is 5.42. The highest BCUT2D eigenvalue weighted by atomic mass is 32.2. The Hall–Kier alpha value is -0.980. The van der Waals surface area contributed by atoms with Gasteiger partial charge in [-0.3, -0.25) is 0 Å². The maximum atomic E-state index is 13.3. The molecule has 0 amide bonds. The number of hydrogen-bond acceptors (Lipinski definition) is 3. The normalized spacial score (nSPS) is 21.1. The molecule has 1 fully saturated rings. The lowest BCUT2D eigenvalue weighted by Crippen LogP contribution is -2.41. The van der Waals surface area contributed by atoms with Crippen LogP contribution in [0.4, 0.5) is 4.39 Å². The van der Waals surface area contributed by atoms with Gasteiger partial charge in [0.05, 0.1) is 11.0 Å². The number of rotatable bonds is 4. The van der Waals surface area contributed by atoms with Gasteiger partial charge in [-0.05, 0) is 56.9 Å². The van der Waals surface area contributed by atoms with Gasteiger partial charge < -0.3 is 4.74 Å². The standard InChI is InChI=1S/C14H20FNO3S/c1-9-7-12(15)8-10(2)14(9)20(17,18)16-11(3)13-5-4-6-19-13/h7-8,11,13,16H,4-6H2,1-3H3. The van der Waals surface area contributed by atoms with Crippen molar-refractivity contribution in [3.8, 4) is 0 Å². The Morgan fingerprint density at radius 2 is 1.95 bits per heavy atom. The zero-order valence-corrected chi connectivity index (χ0v) is 12.8. The molecule has 1 aliphatic rings. The number of halogens is 1. The molecule has 0 radical (unpaired) electrons. The zero-order chi connectivity index (χ0) is 14.9. The van der Waals surface area contributed by atoms with E-state index >= 15 is 0 Å². The van der Waals surface area contributed by atoms with Crippen LogP contribution in [0.15, 0.2) is 17.0 Å². The van der Waals surface area contributed by atoms with Gasteiger partial charge in [0.15, 0.2) is 0 Å². The molecule has 2 atom stereocenters. The quantitative estimate of drug-likeness (QED) is 0.928. The van der Waals surface area contributed by atoms with Gasteiger partial charge >= 0.3 is 0 Å². The fourth-order valence-electron chi connectivity index (χ4n) is 2.70. The van der Waals surface area contributed by atoms with Crippen LogP contribution in [0.5, 0.6) is 0 Å². The molecule has 1 heterocycles. The number of sulfonamides is 1. The largest absolute Gasteiger partial charge is 0.377 e. The van der Waals surface area contributed by atoms with Crippen LogP contribution in [0, 0.1) is 19.7 Å². The first-order valence-electron chi connectivity index (χ1n) is 6.72. The lowest BCUT2D eigenvalue weighted by Gasteiger charge is -2.21. The van der Waals surface area contributed by atoms with Crippen LogP contribution >= 0.6 is 0 Å². The molecule has 0 aromatic heterocycles. The average molecular weight is 301 g/mol. The summed E-state index contributed by atoms with van der Waals surface area (Å²) in [7, 11) is -3.67. The molecule has 2 unspecified atom stereocenters.